The number of rotatable bonds is 3. The molecule has 0 aliphatic carbocycles. The second-order valence-electron chi connectivity index (χ2n) is 4.92. The van der Waals surface area contributed by atoms with Crippen molar-refractivity contribution in [3.63, 3.8) is 0 Å². The summed E-state index contributed by atoms with van der Waals surface area (Å²) in [6, 6.07) is 0. The molecule has 0 aromatic carbocycles. The van der Waals surface area contributed by atoms with Gasteiger partial charge in [-0.15, -0.1) is 0 Å². The zero-order chi connectivity index (χ0) is 14.1. The van der Waals surface area contributed by atoms with Crippen LogP contribution in [0.25, 0.3) is 11.2 Å². The average Bonchev–Trinajstić information content (AvgIpc) is 2.91. The van der Waals surface area contributed by atoms with Gasteiger partial charge in [0.15, 0.2) is 17.0 Å². The molecule has 20 heavy (non-hydrogen) atoms. The minimum absolute atomic E-state index is 0.171. The maximum atomic E-state index is 5.95. The second-order valence-corrected chi connectivity index (χ2v) is 5.26. The SMILES string of the molecule is Cc1nc2nc(Cl)nc(NCC3CCCO3)c2nc1C. The maximum Gasteiger partial charge on any atom is 0.226 e. The molecule has 1 fully saturated rings. The minimum Gasteiger partial charge on any atom is -0.376 e. The fraction of sp³-hybridized carbons (Fsp3) is 0.538. The fourth-order valence-corrected chi connectivity index (χ4v) is 2.39. The molecule has 0 amide bonds. The monoisotopic (exact) mass is 293 g/mol. The highest BCUT2D eigenvalue weighted by Gasteiger charge is 2.17. The third-order valence-corrected chi connectivity index (χ3v) is 3.61. The summed E-state index contributed by atoms with van der Waals surface area (Å²) in [5, 5.41) is 3.43. The van der Waals surface area contributed by atoms with Crippen LogP contribution in [0.1, 0.15) is 24.2 Å². The van der Waals surface area contributed by atoms with Gasteiger partial charge >= 0.3 is 0 Å². The lowest BCUT2D eigenvalue weighted by atomic mass is 10.2. The Morgan fingerprint density at radius 3 is 2.75 bits per heavy atom. The van der Waals surface area contributed by atoms with Gasteiger partial charge in [0.25, 0.3) is 0 Å². The van der Waals surface area contributed by atoms with Crippen LogP contribution in [0.3, 0.4) is 0 Å². The molecule has 0 radical (unpaired) electrons. The molecule has 2 aromatic heterocycles. The van der Waals surface area contributed by atoms with Crippen molar-refractivity contribution in [1.29, 1.82) is 0 Å². The number of hydrogen-bond acceptors (Lipinski definition) is 6. The molecule has 3 heterocycles. The Labute approximate surface area is 122 Å². The number of fused-ring (bicyclic) bond motifs is 1. The third kappa shape index (κ3) is 2.66. The average molecular weight is 294 g/mol. The number of hydrogen-bond donors (Lipinski definition) is 1. The van der Waals surface area contributed by atoms with Crippen LogP contribution in [0, 0.1) is 13.8 Å². The van der Waals surface area contributed by atoms with Crippen LogP contribution in [-0.4, -0.2) is 39.2 Å². The Balaban J connectivity index is 1.93. The van der Waals surface area contributed by atoms with Crippen molar-refractivity contribution in [1.82, 2.24) is 19.9 Å². The number of halogens is 1. The summed E-state index contributed by atoms with van der Waals surface area (Å²) in [5.41, 5.74) is 2.87. The van der Waals surface area contributed by atoms with E-state index in [-0.39, 0.29) is 11.4 Å². The Kier molecular flexibility index (Phi) is 3.67. The first-order valence-electron chi connectivity index (χ1n) is 6.67. The van der Waals surface area contributed by atoms with Crippen LogP contribution >= 0.6 is 11.6 Å². The third-order valence-electron chi connectivity index (χ3n) is 3.44. The maximum absolute atomic E-state index is 5.95. The van der Waals surface area contributed by atoms with E-state index in [9.17, 15) is 0 Å². The zero-order valence-electron chi connectivity index (χ0n) is 11.5. The number of ether oxygens (including phenoxy) is 1. The first-order chi connectivity index (χ1) is 9.63. The Bertz CT molecular complexity index is 642. The van der Waals surface area contributed by atoms with E-state index in [2.05, 4.69) is 25.3 Å². The number of aryl methyl sites for hydroxylation is 2. The lowest BCUT2D eigenvalue weighted by Crippen LogP contribution is -2.19. The van der Waals surface area contributed by atoms with Gasteiger partial charge in [0.2, 0.25) is 5.28 Å². The molecule has 2 aromatic rings. The van der Waals surface area contributed by atoms with Crippen molar-refractivity contribution in [2.75, 3.05) is 18.5 Å². The normalized spacial score (nSPS) is 18.6. The van der Waals surface area contributed by atoms with E-state index in [0.29, 0.717) is 23.5 Å². The molecule has 1 saturated heterocycles. The highest BCUT2D eigenvalue weighted by Crippen LogP contribution is 2.21. The van der Waals surface area contributed by atoms with Crippen molar-refractivity contribution in [3.05, 3.63) is 16.7 Å². The van der Waals surface area contributed by atoms with Crippen LogP contribution in [0.5, 0.6) is 0 Å². The lowest BCUT2D eigenvalue weighted by Gasteiger charge is -2.13. The van der Waals surface area contributed by atoms with Crippen molar-refractivity contribution in [3.8, 4) is 0 Å². The van der Waals surface area contributed by atoms with Gasteiger partial charge in [-0.1, -0.05) is 0 Å². The molecule has 0 saturated carbocycles. The molecule has 1 unspecified atom stereocenters. The molecule has 1 aliphatic heterocycles. The van der Waals surface area contributed by atoms with Gasteiger partial charge in [0.05, 0.1) is 17.5 Å². The topological polar surface area (TPSA) is 72.8 Å². The molecular weight excluding hydrogens is 278 g/mol. The van der Waals surface area contributed by atoms with Gasteiger partial charge in [-0.05, 0) is 38.3 Å². The van der Waals surface area contributed by atoms with Crippen molar-refractivity contribution in [2.24, 2.45) is 0 Å². The summed E-state index contributed by atoms with van der Waals surface area (Å²) in [6.45, 7) is 5.34. The first-order valence-corrected chi connectivity index (χ1v) is 7.05. The van der Waals surface area contributed by atoms with Crippen LogP contribution < -0.4 is 5.32 Å². The second kappa shape index (κ2) is 5.46. The molecule has 106 valence electrons. The summed E-state index contributed by atoms with van der Waals surface area (Å²) in [5.74, 6) is 0.617. The summed E-state index contributed by atoms with van der Waals surface area (Å²) >= 11 is 5.95. The van der Waals surface area contributed by atoms with Gasteiger partial charge in [-0.2, -0.15) is 9.97 Å². The van der Waals surface area contributed by atoms with Gasteiger partial charge < -0.3 is 10.1 Å². The molecule has 0 spiro atoms. The van der Waals surface area contributed by atoms with E-state index in [0.717, 1.165) is 30.8 Å². The first kappa shape index (κ1) is 13.5. The van der Waals surface area contributed by atoms with Gasteiger partial charge in [-0.3, -0.25) is 0 Å². The van der Waals surface area contributed by atoms with Gasteiger partial charge in [-0.25, -0.2) is 9.97 Å². The summed E-state index contributed by atoms with van der Waals surface area (Å²) in [6.07, 6.45) is 2.39. The summed E-state index contributed by atoms with van der Waals surface area (Å²) in [4.78, 5) is 17.3. The largest absolute Gasteiger partial charge is 0.376 e. The standard InChI is InChI=1S/C13H16ClN5O/c1-7-8(2)17-12-10(16-7)11(18-13(14)19-12)15-6-9-4-3-5-20-9/h9H,3-6H2,1-2H3,(H,15,17,18,19). The Morgan fingerprint density at radius 1 is 1.20 bits per heavy atom. The van der Waals surface area contributed by atoms with Gasteiger partial charge in [0, 0.05) is 13.2 Å². The van der Waals surface area contributed by atoms with Crippen molar-refractivity contribution < 1.29 is 4.74 Å². The molecular formula is C13H16ClN5O. The zero-order valence-corrected chi connectivity index (χ0v) is 12.2. The number of anilines is 1. The molecule has 1 aliphatic rings. The quantitative estimate of drug-likeness (QED) is 0.875. The summed E-state index contributed by atoms with van der Waals surface area (Å²) < 4.78 is 5.58. The van der Waals surface area contributed by atoms with E-state index in [1.54, 1.807) is 0 Å². The molecule has 6 nitrogen and oxygen atoms in total. The molecule has 1 atom stereocenters. The number of aromatic nitrogens is 4. The lowest BCUT2D eigenvalue weighted by molar-refractivity contribution is 0.120. The van der Waals surface area contributed by atoms with Crippen LogP contribution in [0.4, 0.5) is 5.82 Å². The smallest absolute Gasteiger partial charge is 0.226 e. The number of nitrogens with one attached hydrogen (secondary N) is 1. The minimum atomic E-state index is 0.171. The van der Waals surface area contributed by atoms with Crippen LogP contribution in [0.2, 0.25) is 5.28 Å². The molecule has 0 bridgehead atoms. The highest BCUT2D eigenvalue weighted by molar-refractivity contribution is 6.28. The van der Waals surface area contributed by atoms with E-state index < -0.39 is 0 Å². The van der Waals surface area contributed by atoms with Gasteiger partial charge in [0.1, 0.15) is 0 Å². The van der Waals surface area contributed by atoms with E-state index in [1.807, 2.05) is 13.8 Å². The summed E-state index contributed by atoms with van der Waals surface area (Å²) in [7, 11) is 0. The fourth-order valence-electron chi connectivity index (χ4n) is 2.22. The van der Waals surface area contributed by atoms with E-state index in [4.69, 9.17) is 16.3 Å². The van der Waals surface area contributed by atoms with Crippen LogP contribution in [0.15, 0.2) is 0 Å². The Morgan fingerprint density at radius 2 is 2.00 bits per heavy atom. The molecule has 1 N–H and O–H groups in total. The number of nitrogens with zero attached hydrogens (tertiary/aromatic N) is 4. The van der Waals surface area contributed by atoms with E-state index in [1.165, 1.54) is 0 Å². The van der Waals surface area contributed by atoms with E-state index >= 15 is 0 Å². The Hall–Kier alpha value is -1.53. The van der Waals surface area contributed by atoms with Crippen LogP contribution in [-0.2, 0) is 4.74 Å². The predicted octanol–water partition coefficient (Wildman–Crippen LogP) is 2.28. The molecule has 3 rings (SSSR count). The molecule has 7 heteroatoms. The van der Waals surface area contributed by atoms with Crippen molar-refractivity contribution in [2.45, 2.75) is 32.8 Å². The van der Waals surface area contributed by atoms with Crippen molar-refractivity contribution >= 4 is 28.6 Å². The highest BCUT2D eigenvalue weighted by atomic mass is 35.5. The predicted molar refractivity (Wildman–Crippen MR) is 77.1 cm³/mol.